The number of benzene rings is 1. The second-order valence-corrected chi connectivity index (χ2v) is 5.27. The lowest BCUT2D eigenvalue weighted by Crippen LogP contribution is -2.58. The molecule has 1 aliphatic carbocycles. The summed E-state index contributed by atoms with van der Waals surface area (Å²) in [7, 11) is 0. The van der Waals surface area contributed by atoms with Crippen molar-refractivity contribution in [2.75, 3.05) is 4.90 Å². The Morgan fingerprint density at radius 1 is 1.10 bits per heavy atom. The van der Waals surface area contributed by atoms with Crippen molar-refractivity contribution in [2.24, 2.45) is 21.5 Å². The van der Waals surface area contributed by atoms with Crippen LogP contribution in [0.15, 0.2) is 34.3 Å². The van der Waals surface area contributed by atoms with E-state index in [1.807, 2.05) is 0 Å². The number of rotatable bonds is 1. The van der Waals surface area contributed by atoms with Gasteiger partial charge in [0.1, 0.15) is 11.5 Å². The molecule has 4 N–H and O–H groups in total. The molecular formula is C14H18FN5. The van der Waals surface area contributed by atoms with Gasteiger partial charge in [0.2, 0.25) is 11.9 Å². The highest BCUT2D eigenvalue weighted by atomic mass is 19.1. The lowest BCUT2D eigenvalue weighted by atomic mass is 9.87. The number of para-hydroxylation sites is 1. The van der Waals surface area contributed by atoms with Crippen molar-refractivity contribution < 1.29 is 4.39 Å². The van der Waals surface area contributed by atoms with Gasteiger partial charge >= 0.3 is 0 Å². The van der Waals surface area contributed by atoms with E-state index in [-0.39, 0.29) is 17.7 Å². The van der Waals surface area contributed by atoms with Gasteiger partial charge in [-0.2, -0.15) is 4.99 Å². The Hall–Kier alpha value is -2.11. The summed E-state index contributed by atoms with van der Waals surface area (Å²) < 4.78 is 14.2. The van der Waals surface area contributed by atoms with Crippen molar-refractivity contribution in [1.29, 1.82) is 0 Å². The van der Waals surface area contributed by atoms with Crippen LogP contribution < -0.4 is 16.4 Å². The number of nitrogens with two attached hydrogens (primary N) is 2. The van der Waals surface area contributed by atoms with Crippen molar-refractivity contribution in [2.45, 2.75) is 37.8 Å². The molecule has 1 heterocycles. The van der Waals surface area contributed by atoms with Gasteiger partial charge in [0.05, 0.1) is 5.69 Å². The van der Waals surface area contributed by atoms with E-state index >= 15 is 0 Å². The van der Waals surface area contributed by atoms with Gasteiger partial charge in [-0.3, -0.25) is 4.90 Å². The lowest BCUT2D eigenvalue weighted by molar-refractivity contribution is 0.304. The second kappa shape index (κ2) is 4.77. The van der Waals surface area contributed by atoms with Crippen LogP contribution >= 0.6 is 0 Å². The van der Waals surface area contributed by atoms with Gasteiger partial charge in [-0.1, -0.05) is 18.6 Å². The summed E-state index contributed by atoms with van der Waals surface area (Å²) in [5.41, 5.74) is 11.6. The number of nitrogens with zero attached hydrogens (tertiary/aromatic N) is 3. The number of aliphatic imine (C=N–C) groups is 2. The van der Waals surface area contributed by atoms with E-state index in [1.165, 1.54) is 6.07 Å². The summed E-state index contributed by atoms with van der Waals surface area (Å²) >= 11 is 0. The van der Waals surface area contributed by atoms with Crippen LogP contribution in [0.1, 0.15) is 32.1 Å². The van der Waals surface area contributed by atoms with E-state index in [2.05, 4.69) is 9.98 Å². The first-order chi connectivity index (χ1) is 9.62. The third kappa shape index (κ3) is 2.01. The summed E-state index contributed by atoms with van der Waals surface area (Å²) in [6, 6.07) is 6.55. The van der Waals surface area contributed by atoms with Gasteiger partial charge in [0.25, 0.3) is 0 Å². The molecule has 20 heavy (non-hydrogen) atoms. The summed E-state index contributed by atoms with van der Waals surface area (Å²) in [6.45, 7) is 0. The maximum Gasteiger partial charge on any atom is 0.220 e. The molecule has 1 aromatic carbocycles. The lowest BCUT2D eigenvalue weighted by Gasteiger charge is -2.45. The minimum atomic E-state index is -0.587. The van der Waals surface area contributed by atoms with E-state index < -0.39 is 5.66 Å². The predicted octanol–water partition coefficient (Wildman–Crippen LogP) is 1.94. The molecular weight excluding hydrogens is 257 g/mol. The van der Waals surface area contributed by atoms with Crippen molar-refractivity contribution in [3.8, 4) is 0 Å². The molecule has 0 atom stereocenters. The van der Waals surface area contributed by atoms with Gasteiger partial charge in [0, 0.05) is 0 Å². The SMILES string of the molecule is NC1=NC2(CCCCC2)N(c2ccccc2F)C(N)=N1. The molecule has 0 aromatic heterocycles. The molecule has 1 spiro atoms. The molecule has 5 nitrogen and oxygen atoms in total. The molecule has 0 radical (unpaired) electrons. The topological polar surface area (TPSA) is 80.0 Å². The zero-order valence-electron chi connectivity index (χ0n) is 11.2. The molecule has 3 rings (SSSR count). The first kappa shape index (κ1) is 12.9. The predicted molar refractivity (Wildman–Crippen MR) is 77.9 cm³/mol. The summed E-state index contributed by atoms with van der Waals surface area (Å²) in [6.07, 6.45) is 4.81. The summed E-state index contributed by atoms with van der Waals surface area (Å²) in [5, 5.41) is 0. The molecule has 1 aromatic rings. The molecule has 0 amide bonds. The highest BCUT2D eigenvalue weighted by Gasteiger charge is 2.43. The molecule has 0 bridgehead atoms. The Labute approximate surface area is 117 Å². The molecule has 2 aliphatic rings. The Kier molecular flexibility index (Phi) is 3.08. The van der Waals surface area contributed by atoms with Crippen LogP contribution in [0.2, 0.25) is 0 Å². The maximum absolute atomic E-state index is 14.2. The van der Waals surface area contributed by atoms with E-state index in [0.29, 0.717) is 5.69 Å². The van der Waals surface area contributed by atoms with E-state index in [4.69, 9.17) is 11.5 Å². The number of halogens is 1. The van der Waals surface area contributed by atoms with Crippen LogP contribution in [0.3, 0.4) is 0 Å². The second-order valence-electron chi connectivity index (χ2n) is 5.27. The molecule has 0 saturated heterocycles. The normalized spacial score (nSPS) is 21.6. The van der Waals surface area contributed by atoms with Crippen LogP contribution in [0.25, 0.3) is 0 Å². The number of guanidine groups is 2. The van der Waals surface area contributed by atoms with Gasteiger partial charge < -0.3 is 11.5 Å². The molecule has 1 aliphatic heterocycles. The average Bonchev–Trinajstić information content (AvgIpc) is 2.41. The third-order valence-electron chi connectivity index (χ3n) is 3.94. The Balaban J connectivity index is 2.11. The number of hydrogen-bond donors (Lipinski definition) is 2. The molecule has 1 saturated carbocycles. The fraction of sp³-hybridized carbons (Fsp3) is 0.429. The molecule has 6 heteroatoms. The maximum atomic E-state index is 14.2. The Bertz CT molecular complexity index is 575. The zero-order chi connectivity index (χ0) is 14.2. The fourth-order valence-corrected chi connectivity index (χ4v) is 3.10. The number of anilines is 1. The van der Waals surface area contributed by atoms with E-state index in [9.17, 15) is 4.39 Å². The summed E-state index contributed by atoms with van der Waals surface area (Å²) in [4.78, 5) is 10.2. The molecule has 0 unspecified atom stereocenters. The van der Waals surface area contributed by atoms with Crippen molar-refractivity contribution in [3.63, 3.8) is 0 Å². The Morgan fingerprint density at radius 3 is 2.50 bits per heavy atom. The van der Waals surface area contributed by atoms with Crippen LogP contribution in [0.4, 0.5) is 10.1 Å². The average molecular weight is 275 g/mol. The van der Waals surface area contributed by atoms with Crippen molar-refractivity contribution in [1.82, 2.24) is 0 Å². The van der Waals surface area contributed by atoms with Crippen LogP contribution in [0.5, 0.6) is 0 Å². The van der Waals surface area contributed by atoms with Crippen molar-refractivity contribution >= 4 is 17.6 Å². The third-order valence-corrected chi connectivity index (χ3v) is 3.94. The first-order valence-corrected chi connectivity index (χ1v) is 6.87. The van der Waals surface area contributed by atoms with Gasteiger partial charge in [-0.15, -0.1) is 0 Å². The monoisotopic (exact) mass is 275 g/mol. The molecule has 106 valence electrons. The standard InChI is InChI=1S/C14H18FN5/c15-10-6-2-3-7-11(10)20-13(17)18-12(16)19-14(20)8-4-1-5-9-14/h2-3,6-7H,1,4-5,8-9H2,(H4,16,17,18,19). The first-order valence-electron chi connectivity index (χ1n) is 6.87. The highest BCUT2D eigenvalue weighted by molar-refractivity contribution is 6.05. The van der Waals surface area contributed by atoms with Crippen LogP contribution in [-0.2, 0) is 0 Å². The smallest absolute Gasteiger partial charge is 0.220 e. The van der Waals surface area contributed by atoms with Gasteiger partial charge in [0.15, 0.2) is 0 Å². The van der Waals surface area contributed by atoms with E-state index in [0.717, 1.165) is 32.1 Å². The van der Waals surface area contributed by atoms with Gasteiger partial charge in [-0.25, -0.2) is 9.38 Å². The quantitative estimate of drug-likeness (QED) is 0.822. The summed E-state index contributed by atoms with van der Waals surface area (Å²) in [5.74, 6) is 0.0627. The Morgan fingerprint density at radius 2 is 1.80 bits per heavy atom. The largest absolute Gasteiger partial charge is 0.369 e. The molecule has 1 fully saturated rings. The van der Waals surface area contributed by atoms with E-state index in [1.54, 1.807) is 23.1 Å². The van der Waals surface area contributed by atoms with Crippen LogP contribution in [0, 0.1) is 5.82 Å². The minimum absolute atomic E-state index is 0.178. The zero-order valence-corrected chi connectivity index (χ0v) is 11.2. The van der Waals surface area contributed by atoms with Gasteiger partial charge in [-0.05, 0) is 37.8 Å². The van der Waals surface area contributed by atoms with Crippen molar-refractivity contribution in [3.05, 3.63) is 30.1 Å². The highest BCUT2D eigenvalue weighted by Crippen LogP contribution is 2.40. The minimum Gasteiger partial charge on any atom is -0.369 e. The van der Waals surface area contributed by atoms with Crippen LogP contribution in [-0.4, -0.2) is 17.6 Å². The number of hydrogen-bond acceptors (Lipinski definition) is 5. The fourth-order valence-electron chi connectivity index (χ4n) is 3.10.